The monoisotopic (exact) mass is 812 g/mol. The molecule has 0 spiro atoms. The zero-order valence-electron chi connectivity index (χ0n) is 26.2. The Morgan fingerprint density at radius 2 is 0.549 bits per heavy atom. The summed E-state index contributed by atoms with van der Waals surface area (Å²) in [7, 11) is 1.83. The predicted octanol–water partition coefficient (Wildman–Crippen LogP) is 8.41. The van der Waals surface area contributed by atoms with Crippen LogP contribution < -0.4 is 0 Å². The Kier molecular flexibility index (Phi) is 21.4. The summed E-state index contributed by atoms with van der Waals surface area (Å²) >= 11 is 0. The lowest BCUT2D eigenvalue weighted by Crippen LogP contribution is -2.48. The highest BCUT2D eigenvalue weighted by Gasteiger charge is 2.51. The lowest BCUT2D eigenvalue weighted by molar-refractivity contribution is -0.350. The van der Waals surface area contributed by atoms with E-state index in [1.165, 1.54) is 0 Å². The van der Waals surface area contributed by atoms with Crippen molar-refractivity contribution in [3.8, 4) is 0 Å². The highest BCUT2D eigenvalue weighted by molar-refractivity contribution is 4.83. The van der Waals surface area contributed by atoms with Gasteiger partial charge in [-0.15, -0.1) is 0 Å². The Hall–Kier alpha value is -1.68. The Morgan fingerprint density at radius 1 is 0.353 bits per heavy atom. The number of ether oxygens (including phenoxy) is 7. The molecule has 27 heteroatoms. The first-order valence-electron chi connectivity index (χ1n) is 13.4. The van der Waals surface area contributed by atoms with E-state index in [1.54, 1.807) is 6.92 Å². The Balaban J connectivity index is 0. The third-order valence-electron chi connectivity index (χ3n) is 5.81. The van der Waals surface area contributed by atoms with Crippen LogP contribution >= 0.6 is 0 Å². The molecule has 0 radical (unpaired) electrons. The average molecular weight is 812 g/mol. The molecule has 310 valence electrons. The average Bonchev–Trinajstić information content (AvgIpc) is 3.00. The third-order valence-corrected chi connectivity index (χ3v) is 5.81. The first-order chi connectivity index (χ1) is 22.9. The van der Waals surface area contributed by atoms with Crippen LogP contribution in [-0.4, -0.2) is 123 Å². The van der Waals surface area contributed by atoms with Gasteiger partial charge in [-0.2, -0.15) is 43.9 Å². The molecule has 0 bridgehead atoms. The van der Waals surface area contributed by atoms with Crippen molar-refractivity contribution in [3.05, 3.63) is 0 Å². The van der Waals surface area contributed by atoms with E-state index in [9.17, 15) is 87.8 Å². The van der Waals surface area contributed by atoms with E-state index in [4.69, 9.17) is 0 Å². The molecule has 0 atom stereocenters. The standard InChI is InChI=1S/C12H14F12O4.C12H18F8O3/c1-25-2-9(3-26-10(19,20)6(13)14,4-27-11(21,22)7(15)16)5-28-12(23,24)8(17)18;1-3-4-10(5-21-2,6-22-11(17,18)8(13)14)7-23-12(19,20)9(15)16/h6-8H,2-5H2,1H3;8-9H,3-7H2,1-2H3. The second-order valence-electron chi connectivity index (χ2n) is 10.4. The molecule has 0 aromatic carbocycles. The maximum atomic E-state index is 12.9. The van der Waals surface area contributed by atoms with Gasteiger partial charge in [0, 0.05) is 19.6 Å². The van der Waals surface area contributed by atoms with Gasteiger partial charge in [0.05, 0.1) is 51.7 Å². The van der Waals surface area contributed by atoms with Crippen molar-refractivity contribution >= 4 is 0 Å². The largest absolute Gasteiger partial charge is 0.416 e. The van der Waals surface area contributed by atoms with Crippen molar-refractivity contribution in [3.63, 3.8) is 0 Å². The molecule has 0 fully saturated rings. The van der Waals surface area contributed by atoms with Crippen molar-refractivity contribution in [2.24, 2.45) is 10.8 Å². The Morgan fingerprint density at radius 3 is 0.725 bits per heavy atom. The van der Waals surface area contributed by atoms with Gasteiger partial charge >= 0.3 is 62.7 Å². The number of alkyl halides is 20. The van der Waals surface area contributed by atoms with Gasteiger partial charge in [-0.3, -0.25) is 0 Å². The van der Waals surface area contributed by atoms with Crippen molar-refractivity contribution in [2.75, 3.05) is 60.5 Å². The Labute approximate surface area is 275 Å². The quantitative estimate of drug-likeness (QED) is 0.0814. The van der Waals surface area contributed by atoms with Crippen LogP contribution in [0.25, 0.3) is 0 Å². The van der Waals surface area contributed by atoms with E-state index >= 15 is 0 Å². The molecular formula is C24H32F20O7. The second kappa shape index (κ2) is 21.3. The number of rotatable bonds is 26. The van der Waals surface area contributed by atoms with E-state index in [-0.39, 0.29) is 12.8 Å². The minimum absolute atomic E-state index is 0.112. The maximum absolute atomic E-state index is 12.9. The molecule has 51 heavy (non-hydrogen) atoms. The first kappa shape index (κ1) is 51.4. The summed E-state index contributed by atoms with van der Waals surface area (Å²) in [6.45, 7) is -7.97. The van der Waals surface area contributed by atoms with Crippen LogP contribution in [-0.2, 0) is 33.2 Å². The van der Waals surface area contributed by atoms with Gasteiger partial charge in [0.15, 0.2) is 0 Å². The number of methoxy groups -OCH3 is 2. The Bertz CT molecular complexity index is 851. The summed E-state index contributed by atoms with van der Waals surface area (Å²) in [5.41, 5.74) is -4.51. The SMILES string of the molecule is CCCC(COC)(COC(F)(F)C(F)F)COC(F)(F)C(F)F.COCC(COC(F)(F)C(F)F)(COC(F)(F)C(F)F)COC(F)(F)C(F)F. The van der Waals surface area contributed by atoms with Crippen LogP contribution in [0.1, 0.15) is 19.8 Å². The molecular weight excluding hydrogens is 780 g/mol. The van der Waals surface area contributed by atoms with Crippen LogP contribution in [0.15, 0.2) is 0 Å². The van der Waals surface area contributed by atoms with Gasteiger partial charge in [0.2, 0.25) is 0 Å². The maximum Gasteiger partial charge on any atom is 0.416 e. The molecule has 0 aromatic heterocycles. The first-order valence-corrected chi connectivity index (χ1v) is 13.4. The topological polar surface area (TPSA) is 64.6 Å². The summed E-state index contributed by atoms with van der Waals surface area (Å²) in [4.78, 5) is 0. The third kappa shape index (κ3) is 18.3. The van der Waals surface area contributed by atoms with Crippen molar-refractivity contribution in [2.45, 2.75) is 82.4 Å². The van der Waals surface area contributed by atoms with Crippen molar-refractivity contribution in [1.29, 1.82) is 0 Å². The molecule has 0 saturated heterocycles. The second-order valence-corrected chi connectivity index (χ2v) is 10.4. The smallest absolute Gasteiger partial charge is 0.384 e. The zero-order chi connectivity index (χ0) is 40.7. The molecule has 0 heterocycles. The van der Waals surface area contributed by atoms with Crippen LogP contribution in [0.3, 0.4) is 0 Å². The van der Waals surface area contributed by atoms with Gasteiger partial charge in [0.1, 0.15) is 0 Å². The lowest BCUT2D eigenvalue weighted by atomic mass is 9.86. The summed E-state index contributed by atoms with van der Waals surface area (Å²) in [6, 6.07) is 0. The number of hydrogen-bond donors (Lipinski definition) is 0. The number of hydrogen-bond acceptors (Lipinski definition) is 7. The predicted molar refractivity (Wildman–Crippen MR) is 128 cm³/mol. The van der Waals surface area contributed by atoms with E-state index < -0.39 is 120 Å². The van der Waals surface area contributed by atoms with Gasteiger partial charge in [-0.1, -0.05) is 13.3 Å². The molecule has 0 rings (SSSR count). The minimum atomic E-state index is -5.23. The van der Waals surface area contributed by atoms with Gasteiger partial charge in [-0.05, 0) is 6.42 Å². The highest BCUT2D eigenvalue weighted by Crippen LogP contribution is 2.36. The fraction of sp³-hybridized carbons (Fsp3) is 1.00. The fourth-order valence-corrected chi connectivity index (χ4v) is 3.30. The van der Waals surface area contributed by atoms with Crippen molar-refractivity contribution in [1.82, 2.24) is 0 Å². The van der Waals surface area contributed by atoms with Crippen molar-refractivity contribution < 1.29 is 121 Å². The zero-order valence-corrected chi connectivity index (χ0v) is 26.2. The van der Waals surface area contributed by atoms with Gasteiger partial charge in [0.25, 0.3) is 0 Å². The van der Waals surface area contributed by atoms with E-state index in [0.29, 0.717) is 0 Å². The molecule has 7 nitrogen and oxygen atoms in total. The van der Waals surface area contributed by atoms with E-state index in [1.807, 2.05) is 0 Å². The number of halogens is 20. The summed E-state index contributed by atoms with van der Waals surface area (Å²) in [5.74, 6) is 0. The van der Waals surface area contributed by atoms with Crippen LogP contribution in [0.5, 0.6) is 0 Å². The van der Waals surface area contributed by atoms with Crippen LogP contribution in [0.4, 0.5) is 87.8 Å². The summed E-state index contributed by atoms with van der Waals surface area (Å²) in [6.07, 6.45) is -46.8. The van der Waals surface area contributed by atoms with Gasteiger partial charge < -0.3 is 33.2 Å². The molecule has 0 aliphatic carbocycles. The minimum Gasteiger partial charge on any atom is -0.384 e. The molecule has 0 amide bonds. The van der Waals surface area contributed by atoms with E-state index in [2.05, 4.69) is 33.2 Å². The van der Waals surface area contributed by atoms with Gasteiger partial charge in [-0.25, -0.2) is 43.9 Å². The van der Waals surface area contributed by atoms with Crippen LogP contribution in [0, 0.1) is 10.8 Å². The lowest BCUT2D eigenvalue weighted by Gasteiger charge is -2.35. The molecule has 0 aliphatic heterocycles. The van der Waals surface area contributed by atoms with Crippen LogP contribution in [0.2, 0.25) is 0 Å². The molecule has 0 aliphatic rings. The molecule has 0 saturated carbocycles. The molecule has 0 unspecified atom stereocenters. The molecule has 0 aromatic rings. The highest BCUT2D eigenvalue weighted by atomic mass is 19.3. The summed E-state index contributed by atoms with van der Waals surface area (Å²) < 4.78 is 277. The fourth-order valence-electron chi connectivity index (χ4n) is 3.30. The normalized spacial score (nSPS) is 14.4. The summed E-state index contributed by atoms with van der Waals surface area (Å²) in [5, 5.41) is 0. The van der Waals surface area contributed by atoms with E-state index in [0.717, 1.165) is 14.2 Å². The molecule has 0 N–H and O–H groups in total.